The third kappa shape index (κ3) is 3.93. The van der Waals surface area contributed by atoms with Crippen LogP contribution < -0.4 is 11.1 Å². The van der Waals surface area contributed by atoms with Gasteiger partial charge in [-0.2, -0.15) is 5.26 Å². The molecule has 2 rings (SSSR count). The van der Waals surface area contributed by atoms with E-state index in [9.17, 15) is 9.59 Å². The summed E-state index contributed by atoms with van der Waals surface area (Å²) in [4.78, 5) is 23.6. The van der Waals surface area contributed by atoms with Gasteiger partial charge in [0.2, 0.25) is 5.91 Å². The van der Waals surface area contributed by atoms with E-state index in [-0.39, 0.29) is 12.3 Å². The summed E-state index contributed by atoms with van der Waals surface area (Å²) in [5, 5.41) is 11.4. The van der Waals surface area contributed by atoms with Crippen LogP contribution in [-0.2, 0) is 11.2 Å². The Hall–Kier alpha value is -3.13. The maximum atomic E-state index is 12.1. The molecule has 5 nitrogen and oxygen atoms in total. The Kier molecular flexibility index (Phi) is 4.89. The number of hydrogen-bond donors (Lipinski definition) is 2. The number of carbonyl (C=O) groups is 2. The zero-order chi connectivity index (χ0) is 15.9. The molecule has 2 amide bonds. The molecule has 2 aromatic rings. The molecule has 2 aromatic carbocycles. The highest BCUT2D eigenvalue weighted by Crippen LogP contribution is 2.07. The fourth-order valence-electron chi connectivity index (χ4n) is 2.00. The molecule has 0 saturated carbocycles. The van der Waals surface area contributed by atoms with Crippen molar-refractivity contribution in [3.05, 3.63) is 71.3 Å². The largest absolute Gasteiger partial charge is 0.368 e. The highest BCUT2D eigenvalue weighted by molar-refractivity contribution is 5.97. The Balaban J connectivity index is 2.08. The van der Waals surface area contributed by atoms with Gasteiger partial charge in [0.15, 0.2) is 0 Å². The van der Waals surface area contributed by atoms with Crippen LogP contribution in [0.25, 0.3) is 0 Å². The van der Waals surface area contributed by atoms with Crippen LogP contribution in [0.5, 0.6) is 0 Å². The number of hydrogen-bond acceptors (Lipinski definition) is 3. The van der Waals surface area contributed by atoms with Crippen LogP contribution in [0.1, 0.15) is 21.5 Å². The van der Waals surface area contributed by atoms with Gasteiger partial charge in [0.1, 0.15) is 6.04 Å². The fraction of sp³-hybridized carbons (Fsp3) is 0.118. The van der Waals surface area contributed by atoms with E-state index in [1.54, 1.807) is 54.6 Å². The monoisotopic (exact) mass is 293 g/mol. The van der Waals surface area contributed by atoms with E-state index in [4.69, 9.17) is 11.0 Å². The third-order valence-electron chi connectivity index (χ3n) is 3.21. The molecule has 0 aliphatic heterocycles. The number of nitrogens with two attached hydrogens (primary N) is 1. The van der Waals surface area contributed by atoms with Gasteiger partial charge < -0.3 is 11.1 Å². The van der Waals surface area contributed by atoms with E-state index < -0.39 is 11.9 Å². The Morgan fingerprint density at radius 2 is 1.73 bits per heavy atom. The Morgan fingerprint density at radius 1 is 1.09 bits per heavy atom. The molecule has 0 radical (unpaired) electrons. The standard InChI is InChI=1S/C17H15N3O2/c18-11-13-8-6-12(7-9-13)10-15(16(19)21)20-17(22)14-4-2-1-3-5-14/h1-9,15H,10H2,(H2,19,21)(H,20,22)/t15-/m0/s1. The maximum Gasteiger partial charge on any atom is 0.251 e. The SMILES string of the molecule is N#Cc1ccc(C[C@H](NC(=O)c2ccccc2)C(N)=O)cc1. The molecule has 0 aliphatic carbocycles. The summed E-state index contributed by atoms with van der Waals surface area (Å²) in [7, 11) is 0. The van der Waals surface area contributed by atoms with Gasteiger partial charge in [-0.1, -0.05) is 30.3 Å². The number of primary amides is 1. The van der Waals surface area contributed by atoms with Crippen LogP contribution in [0.15, 0.2) is 54.6 Å². The van der Waals surface area contributed by atoms with Gasteiger partial charge in [-0.25, -0.2) is 0 Å². The zero-order valence-electron chi connectivity index (χ0n) is 11.8. The first-order valence-electron chi connectivity index (χ1n) is 6.74. The van der Waals surface area contributed by atoms with Crippen LogP contribution >= 0.6 is 0 Å². The minimum absolute atomic E-state index is 0.277. The number of amides is 2. The second kappa shape index (κ2) is 7.04. The molecule has 5 heteroatoms. The van der Waals surface area contributed by atoms with E-state index in [1.165, 1.54) is 0 Å². The first kappa shape index (κ1) is 15.3. The molecule has 0 bridgehead atoms. The predicted molar refractivity (Wildman–Crippen MR) is 81.8 cm³/mol. The molecule has 0 aliphatic rings. The smallest absolute Gasteiger partial charge is 0.251 e. The Morgan fingerprint density at radius 3 is 2.27 bits per heavy atom. The van der Waals surface area contributed by atoms with Crippen molar-refractivity contribution in [1.29, 1.82) is 5.26 Å². The summed E-state index contributed by atoms with van der Waals surface area (Å²) < 4.78 is 0. The molecule has 3 N–H and O–H groups in total. The first-order valence-corrected chi connectivity index (χ1v) is 6.74. The fourth-order valence-corrected chi connectivity index (χ4v) is 2.00. The molecule has 0 saturated heterocycles. The van der Waals surface area contributed by atoms with Gasteiger partial charge in [0.25, 0.3) is 5.91 Å². The first-order chi connectivity index (χ1) is 10.6. The van der Waals surface area contributed by atoms with Gasteiger partial charge in [-0.15, -0.1) is 0 Å². The normalized spacial score (nSPS) is 11.2. The lowest BCUT2D eigenvalue weighted by Crippen LogP contribution is -2.45. The van der Waals surface area contributed by atoms with Crippen molar-refractivity contribution in [2.75, 3.05) is 0 Å². The van der Waals surface area contributed by atoms with Crippen molar-refractivity contribution < 1.29 is 9.59 Å². The summed E-state index contributed by atoms with van der Waals surface area (Å²) in [5.74, 6) is -0.952. The highest BCUT2D eigenvalue weighted by Gasteiger charge is 2.19. The van der Waals surface area contributed by atoms with Crippen LogP contribution in [0, 0.1) is 11.3 Å². The van der Waals surface area contributed by atoms with Crippen molar-refractivity contribution in [2.45, 2.75) is 12.5 Å². The molecule has 0 spiro atoms. The molecular formula is C17H15N3O2. The van der Waals surface area contributed by atoms with E-state index in [2.05, 4.69) is 5.32 Å². The van der Waals surface area contributed by atoms with Gasteiger partial charge in [-0.3, -0.25) is 9.59 Å². The number of rotatable bonds is 5. The van der Waals surface area contributed by atoms with E-state index in [0.717, 1.165) is 5.56 Å². The van der Waals surface area contributed by atoms with E-state index in [0.29, 0.717) is 11.1 Å². The Labute approximate surface area is 128 Å². The van der Waals surface area contributed by atoms with Crippen molar-refractivity contribution in [3.63, 3.8) is 0 Å². The molecule has 0 unspecified atom stereocenters. The number of benzene rings is 2. The van der Waals surface area contributed by atoms with Gasteiger partial charge in [0, 0.05) is 12.0 Å². The van der Waals surface area contributed by atoms with Crippen LogP contribution in [0.2, 0.25) is 0 Å². The summed E-state index contributed by atoms with van der Waals surface area (Å²) in [6.07, 6.45) is 0.277. The summed E-state index contributed by atoms with van der Waals surface area (Å²) in [6, 6.07) is 16.6. The third-order valence-corrected chi connectivity index (χ3v) is 3.21. The lowest BCUT2D eigenvalue weighted by Gasteiger charge is -2.15. The zero-order valence-corrected chi connectivity index (χ0v) is 11.8. The average molecular weight is 293 g/mol. The second-order valence-corrected chi connectivity index (χ2v) is 4.81. The quantitative estimate of drug-likeness (QED) is 0.871. The predicted octanol–water partition coefficient (Wildman–Crippen LogP) is 1.38. The van der Waals surface area contributed by atoms with E-state index in [1.807, 2.05) is 6.07 Å². The van der Waals surface area contributed by atoms with Crippen molar-refractivity contribution in [2.24, 2.45) is 5.73 Å². The number of nitrogens with one attached hydrogen (secondary N) is 1. The highest BCUT2D eigenvalue weighted by atomic mass is 16.2. The van der Waals surface area contributed by atoms with Crippen LogP contribution in [0.4, 0.5) is 0 Å². The molecule has 22 heavy (non-hydrogen) atoms. The van der Waals surface area contributed by atoms with Gasteiger partial charge >= 0.3 is 0 Å². The molecule has 110 valence electrons. The van der Waals surface area contributed by atoms with Crippen LogP contribution in [-0.4, -0.2) is 17.9 Å². The molecule has 0 aromatic heterocycles. The Bertz CT molecular complexity index is 703. The molecule has 0 heterocycles. The number of carbonyl (C=O) groups excluding carboxylic acids is 2. The van der Waals surface area contributed by atoms with E-state index >= 15 is 0 Å². The molecule has 1 atom stereocenters. The summed E-state index contributed by atoms with van der Waals surface area (Å²) in [5.41, 5.74) is 7.18. The van der Waals surface area contributed by atoms with Crippen LogP contribution in [0.3, 0.4) is 0 Å². The van der Waals surface area contributed by atoms with Crippen molar-refractivity contribution in [3.8, 4) is 6.07 Å². The molecule has 0 fully saturated rings. The average Bonchev–Trinajstić information content (AvgIpc) is 2.55. The minimum atomic E-state index is -0.805. The maximum absolute atomic E-state index is 12.1. The van der Waals surface area contributed by atoms with Crippen molar-refractivity contribution >= 4 is 11.8 Å². The second-order valence-electron chi connectivity index (χ2n) is 4.81. The van der Waals surface area contributed by atoms with Gasteiger partial charge in [0.05, 0.1) is 11.6 Å². The summed E-state index contributed by atoms with van der Waals surface area (Å²) in [6.45, 7) is 0. The molecular weight excluding hydrogens is 278 g/mol. The van der Waals surface area contributed by atoms with Crippen molar-refractivity contribution in [1.82, 2.24) is 5.32 Å². The topological polar surface area (TPSA) is 96.0 Å². The summed E-state index contributed by atoms with van der Waals surface area (Å²) >= 11 is 0. The van der Waals surface area contributed by atoms with Gasteiger partial charge in [-0.05, 0) is 29.8 Å². The number of nitriles is 1. The number of nitrogens with zero attached hydrogens (tertiary/aromatic N) is 1. The minimum Gasteiger partial charge on any atom is -0.368 e. The lowest BCUT2D eigenvalue weighted by molar-refractivity contribution is -0.119. The lowest BCUT2D eigenvalue weighted by atomic mass is 10.0.